The summed E-state index contributed by atoms with van der Waals surface area (Å²) in [5.41, 5.74) is -0.796. The fourth-order valence-corrected chi connectivity index (χ4v) is 2.78. The monoisotopic (exact) mass is 433 g/mol. The van der Waals surface area contributed by atoms with Crippen molar-refractivity contribution in [3.63, 3.8) is 0 Å². The van der Waals surface area contributed by atoms with Crippen molar-refractivity contribution >= 4 is 18.5 Å². The standard InChI is InChI=1S/C20H19F4NO3.ClH/c1-26-14-6-2-3-7-15(14)28-20-18(23)16(21)13(17(22)19(20)24)5-4-8-25-9-11-27-12-10-25;/h2-7H,8-12H2,1H3;1H/b5-4+;. The molecule has 0 bridgehead atoms. The van der Waals surface area contributed by atoms with Gasteiger partial charge >= 0.3 is 0 Å². The molecule has 0 aliphatic carbocycles. The molecular formula is C20H20ClF4NO3. The highest BCUT2D eigenvalue weighted by atomic mass is 35.5. The van der Waals surface area contributed by atoms with E-state index in [4.69, 9.17) is 14.2 Å². The molecule has 2 aromatic carbocycles. The van der Waals surface area contributed by atoms with E-state index in [-0.39, 0.29) is 23.9 Å². The third-order valence-electron chi connectivity index (χ3n) is 4.29. The highest BCUT2D eigenvalue weighted by Crippen LogP contribution is 2.37. The van der Waals surface area contributed by atoms with Crippen LogP contribution < -0.4 is 9.47 Å². The summed E-state index contributed by atoms with van der Waals surface area (Å²) < 4.78 is 72.8. The summed E-state index contributed by atoms with van der Waals surface area (Å²) in [5.74, 6) is -7.35. The summed E-state index contributed by atoms with van der Waals surface area (Å²) in [6.07, 6.45) is 2.48. The Morgan fingerprint density at radius 3 is 2.14 bits per heavy atom. The summed E-state index contributed by atoms with van der Waals surface area (Å²) in [6.45, 7) is 2.85. The Labute approximate surface area is 172 Å². The first-order valence-corrected chi connectivity index (χ1v) is 8.66. The molecule has 1 saturated heterocycles. The lowest BCUT2D eigenvalue weighted by Crippen LogP contribution is -2.36. The van der Waals surface area contributed by atoms with Gasteiger partial charge in [0.1, 0.15) is 0 Å². The number of morpholine rings is 1. The third-order valence-corrected chi connectivity index (χ3v) is 4.29. The molecular weight excluding hydrogens is 414 g/mol. The van der Waals surface area contributed by atoms with Crippen molar-refractivity contribution in [2.75, 3.05) is 40.0 Å². The number of methoxy groups -OCH3 is 1. The van der Waals surface area contributed by atoms with Crippen LogP contribution in [-0.2, 0) is 4.74 Å². The smallest absolute Gasteiger partial charge is 0.205 e. The van der Waals surface area contributed by atoms with Crippen LogP contribution in [-0.4, -0.2) is 44.9 Å². The van der Waals surface area contributed by atoms with Crippen molar-refractivity contribution in [3.05, 3.63) is 59.2 Å². The van der Waals surface area contributed by atoms with Gasteiger partial charge in [0.05, 0.1) is 25.9 Å². The Morgan fingerprint density at radius 2 is 1.55 bits per heavy atom. The highest BCUT2D eigenvalue weighted by molar-refractivity contribution is 5.85. The minimum absolute atomic E-state index is 0. The van der Waals surface area contributed by atoms with Gasteiger partial charge < -0.3 is 14.2 Å². The van der Waals surface area contributed by atoms with E-state index in [1.54, 1.807) is 6.07 Å². The lowest BCUT2D eigenvalue weighted by atomic mass is 10.1. The van der Waals surface area contributed by atoms with Gasteiger partial charge in [0.25, 0.3) is 0 Å². The second kappa shape index (κ2) is 10.5. The molecule has 0 amide bonds. The van der Waals surface area contributed by atoms with Crippen molar-refractivity contribution < 1.29 is 31.8 Å². The average molecular weight is 434 g/mol. The maximum atomic E-state index is 14.4. The Kier molecular flexibility index (Phi) is 8.31. The number of rotatable bonds is 6. The highest BCUT2D eigenvalue weighted by Gasteiger charge is 2.26. The lowest BCUT2D eigenvalue weighted by Gasteiger charge is -2.25. The second-order valence-corrected chi connectivity index (χ2v) is 6.07. The molecule has 2 aromatic rings. The second-order valence-electron chi connectivity index (χ2n) is 6.07. The first kappa shape index (κ1) is 23.0. The number of nitrogens with zero attached hydrogens (tertiary/aromatic N) is 1. The molecule has 1 aliphatic heterocycles. The van der Waals surface area contributed by atoms with Gasteiger partial charge in [0.2, 0.25) is 17.4 Å². The number of para-hydroxylation sites is 2. The SMILES string of the molecule is COc1ccccc1Oc1c(F)c(F)c(/C=C/CN2CCOCC2)c(F)c1F.Cl. The Balaban J connectivity index is 0.00000300. The minimum Gasteiger partial charge on any atom is -0.493 e. The van der Waals surface area contributed by atoms with Crippen LogP contribution in [0.1, 0.15) is 5.56 Å². The summed E-state index contributed by atoms with van der Waals surface area (Å²) in [5, 5.41) is 0. The molecule has 4 nitrogen and oxygen atoms in total. The average Bonchev–Trinajstić information content (AvgIpc) is 2.73. The summed E-state index contributed by atoms with van der Waals surface area (Å²) >= 11 is 0. The van der Waals surface area contributed by atoms with E-state index in [0.717, 1.165) is 6.08 Å². The normalized spacial score (nSPS) is 14.7. The molecule has 0 atom stereocenters. The van der Waals surface area contributed by atoms with E-state index in [1.807, 2.05) is 4.90 Å². The van der Waals surface area contributed by atoms with Gasteiger partial charge in [-0.25, -0.2) is 8.78 Å². The van der Waals surface area contributed by atoms with Crippen molar-refractivity contribution in [1.29, 1.82) is 0 Å². The number of halogens is 5. The predicted molar refractivity (Wildman–Crippen MR) is 103 cm³/mol. The number of hydrogen-bond acceptors (Lipinski definition) is 4. The molecule has 1 fully saturated rings. The molecule has 0 spiro atoms. The number of ether oxygens (including phenoxy) is 3. The molecule has 29 heavy (non-hydrogen) atoms. The number of hydrogen-bond donors (Lipinski definition) is 0. The Morgan fingerprint density at radius 1 is 0.966 bits per heavy atom. The molecule has 0 unspecified atom stereocenters. The molecule has 0 radical (unpaired) electrons. The molecule has 158 valence electrons. The van der Waals surface area contributed by atoms with Crippen LogP contribution in [0.4, 0.5) is 17.6 Å². The molecule has 1 heterocycles. The van der Waals surface area contributed by atoms with Gasteiger partial charge in [-0.3, -0.25) is 4.90 Å². The quantitative estimate of drug-likeness (QED) is 0.483. The van der Waals surface area contributed by atoms with Crippen molar-refractivity contribution in [2.45, 2.75) is 0 Å². The zero-order valence-corrected chi connectivity index (χ0v) is 16.4. The van der Waals surface area contributed by atoms with Crippen LogP contribution in [0.15, 0.2) is 30.3 Å². The van der Waals surface area contributed by atoms with Gasteiger partial charge in [-0.2, -0.15) is 8.78 Å². The maximum Gasteiger partial charge on any atom is 0.205 e. The van der Waals surface area contributed by atoms with Crippen molar-refractivity contribution in [3.8, 4) is 17.2 Å². The van der Waals surface area contributed by atoms with Crippen molar-refractivity contribution in [1.82, 2.24) is 4.90 Å². The van der Waals surface area contributed by atoms with Crippen LogP contribution >= 0.6 is 12.4 Å². The Bertz CT molecular complexity index is 844. The first-order valence-electron chi connectivity index (χ1n) is 8.66. The van der Waals surface area contributed by atoms with Crippen LogP contribution in [0, 0.1) is 23.3 Å². The third kappa shape index (κ3) is 5.20. The molecule has 0 N–H and O–H groups in total. The van der Waals surface area contributed by atoms with Crippen LogP contribution in [0.2, 0.25) is 0 Å². The Hall–Kier alpha value is -2.29. The maximum absolute atomic E-state index is 14.4. The molecule has 0 saturated carbocycles. The van der Waals surface area contributed by atoms with Gasteiger partial charge in [0, 0.05) is 19.6 Å². The van der Waals surface area contributed by atoms with Gasteiger partial charge in [0.15, 0.2) is 23.1 Å². The van der Waals surface area contributed by atoms with Crippen LogP contribution in [0.25, 0.3) is 6.08 Å². The van der Waals surface area contributed by atoms with E-state index in [2.05, 4.69) is 0 Å². The first-order chi connectivity index (χ1) is 13.5. The van der Waals surface area contributed by atoms with E-state index in [1.165, 1.54) is 31.4 Å². The van der Waals surface area contributed by atoms with Crippen LogP contribution in [0.3, 0.4) is 0 Å². The molecule has 9 heteroatoms. The van der Waals surface area contributed by atoms with Crippen LogP contribution in [0.5, 0.6) is 17.2 Å². The summed E-state index contributed by atoms with van der Waals surface area (Å²) in [7, 11) is 1.33. The predicted octanol–water partition coefficient (Wildman–Crippen LogP) is 4.81. The molecule has 3 rings (SSSR count). The fourth-order valence-electron chi connectivity index (χ4n) is 2.78. The summed E-state index contributed by atoms with van der Waals surface area (Å²) in [4.78, 5) is 1.99. The zero-order valence-electron chi connectivity index (χ0n) is 15.6. The van der Waals surface area contributed by atoms with Crippen molar-refractivity contribution in [2.24, 2.45) is 0 Å². The molecule has 0 aromatic heterocycles. The van der Waals surface area contributed by atoms with E-state index in [0.29, 0.717) is 32.8 Å². The topological polar surface area (TPSA) is 30.9 Å². The largest absolute Gasteiger partial charge is 0.493 e. The van der Waals surface area contributed by atoms with Gasteiger partial charge in [-0.15, -0.1) is 12.4 Å². The zero-order chi connectivity index (χ0) is 20.1. The van der Waals surface area contributed by atoms with E-state index in [9.17, 15) is 17.6 Å². The lowest BCUT2D eigenvalue weighted by molar-refractivity contribution is 0.0435. The molecule has 1 aliphatic rings. The van der Waals surface area contributed by atoms with E-state index >= 15 is 0 Å². The summed E-state index contributed by atoms with van der Waals surface area (Å²) in [6, 6.07) is 6.00. The van der Waals surface area contributed by atoms with Gasteiger partial charge in [-0.05, 0) is 12.1 Å². The minimum atomic E-state index is -1.61. The fraction of sp³-hybridized carbons (Fsp3) is 0.300. The number of benzene rings is 2. The van der Waals surface area contributed by atoms with E-state index < -0.39 is 34.6 Å². The van der Waals surface area contributed by atoms with Gasteiger partial charge in [-0.1, -0.05) is 24.3 Å².